The normalized spacial score (nSPS) is 57.2. The van der Waals surface area contributed by atoms with Crippen molar-refractivity contribution in [1.82, 2.24) is 0 Å². The van der Waals surface area contributed by atoms with Crippen molar-refractivity contribution in [3.05, 3.63) is 24.3 Å². The molecule has 0 radical (unpaired) electrons. The van der Waals surface area contributed by atoms with E-state index in [0.29, 0.717) is 64.2 Å². The largest absolute Gasteiger partial charge is 0.459 e. The number of carbonyl (C=O) groups excluding carboxylic acids is 1. The van der Waals surface area contributed by atoms with Gasteiger partial charge in [-0.15, -0.1) is 0 Å². The lowest BCUT2D eigenvalue weighted by molar-refractivity contribution is -0.347. The summed E-state index contributed by atoms with van der Waals surface area (Å²) < 4.78 is 104. The van der Waals surface area contributed by atoms with Gasteiger partial charge in [-0.05, 0) is 73.8 Å². The highest BCUT2D eigenvalue weighted by Crippen LogP contribution is 2.58. The minimum absolute atomic E-state index is 0.0143. The van der Waals surface area contributed by atoms with E-state index in [1.54, 1.807) is 0 Å². The Hall–Kier alpha value is -1.73. The smallest absolute Gasteiger partial charge is 0.308 e. The molecule has 0 amide bonds. The Morgan fingerprint density at radius 1 is 0.506 bits per heavy atom. The molecule has 16 rings (SSSR count). The number of aliphatic hydroxyl groups excluding tert-OH is 3. The summed E-state index contributed by atoms with van der Waals surface area (Å²) in [5.41, 5.74) is 2.15. The first kappa shape index (κ1) is 54.0. The Kier molecular flexibility index (Phi) is 13.8. The number of rotatable bonds is 4. The van der Waals surface area contributed by atoms with Crippen LogP contribution in [0.3, 0.4) is 0 Å². The maximum Gasteiger partial charge on any atom is 0.308 e. The standard InChI is InChI=1S/C60H86O19/c1-26-13-33-7-9-37-27(2)14-35(65-37)11-12-58-23-46-54(78-58)55-56(72-46)57(79-58)53-38(69-55)10-8-34(67-53)16-48(64)73-52-31(6)51-43(68-42(52)17-39(66-33)30(26)5)19-41-45(71-51)22-60(74-41)24-47-50(77-60)29(4)21-59(76-47)20-28(3)49-44(75-59)18-40(70-49)36(63)15-32(62)25-61/h26,28-29,31-47,49-57,61-63H,2,5,7-25H2,1,3-4,6H3/t26-,28+,29+,31-,32-,33-,34-,35-,36+,37-,38+,39-,40+,41-,42+,43+,44+,45-,46-,47-,49+,50+,51+,52-,53+,54-,55+,56-,57+,58-,59-,60?/m1/s1. The summed E-state index contributed by atoms with van der Waals surface area (Å²) >= 11 is 0. The van der Waals surface area contributed by atoms with E-state index in [1.807, 2.05) is 0 Å². The number of aliphatic hydroxyl groups is 3. The van der Waals surface area contributed by atoms with Gasteiger partial charge in [0, 0.05) is 70.1 Å². The second kappa shape index (κ2) is 20.2. The molecule has 16 aliphatic rings. The highest BCUT2D eigenvalue weighted by Gasteiger charge is 2.70. The third kappa shape index (κ3) is 9.43. The quantitative estimate of drug-likeness (QED) is 0.251. The average molecular weight is 1110 g/mol. The highest BCUT2D eigenvalue weighted by atomic mass is 16.8. The minimum atomic E-state index is -1.02. The first-order valence-electron chi connectivity index (χ1n) is 30.8. The Bertz CT molecular complexity index is 2340. The molecule has 16 heterocycles. The van der Waals surface area contributed by atoms with Gasteiger partial charge in [-0.1, -0.05) is 40.9 Å². The summed E-state index contributed by atoms with van der Waals surface area (Å²) in [5, 5.41) is 30.3. The van der Waals surface area contributed by atoms with Crippen LogP contribution in [-0.2, 0) is 75.8 Å². The van der Waals surface area contributed by atoms with Crippen molar-refractivity contribution < 1.29 is 91.2 Å². The lowest BCUT2D eigenvalue weighted by Crippen LogP contribution is -2.62. The maximum absolute atomic E-state index is 14.6. The van der Waals surface area contributed by atoms with Gasteiger partial charge in [-0.3, -0.25) is 4.79 Å². The van der Waals surface area contributed by atoms with Crippen molar-refractivity contribution in [3.8, 4) is 0 Å². The fraction of sp³-hybridized carbons (Fsp3) is 0.917. The van der Waals surface area contributed by atoms with Gasteiger partial charge < -0.3 is 86.4 Å². The van der Waals surface area contributed by atoms with Gasteiger partial charge in [0.2, 0.25) is 0 Å². The molecule has 0 aliphatic carbocycles. The molecule has 3 N–H and O–H groups in total. The second-order valence-electron chi connectivity index (χ2n) is 27.5. The summed E-state index contributed by atoms with van der Waals surface area (Å²) in [6, 6.07) is 0. The number of ether oxygens (including phenoxy) is 15. The minimum Gasteiger partial charge on any atom is -0.459 e. The molecule has 0 aromatic rings. The van der Waals surface area contributed by atoms with E-state index in [-0.39, 0.29) is 146 Å². The topological polar surface area (TPSA) is 216 Å². The van der Waals surface area contributed by atoms with Crippen molar-refractivity contribution in [1.29, 1.82) is 0 Å². The van der Waals surface area contributed by atoms with E-state index in [4.69, 9.17) is 71.1 Å². The molecular weight excluding hydrogens is 1020 g/mol. The number of hydrogen-bond acceptors (Lipinski definition) is 19. The first-order chi connectivity index (χ1) is 38.0. The van der Waals surface area contributed by atoms with Crippen LogP contribution in [0.4, 0.5) is 0 Å². The number of esters is 1. The van der Waals surface area contributed by atoms with Gasteiger partial charge in [-0.25, -0.2) is 0 Å². The molecule has 79 heavy (non-hydrogen) atoms. The van der Waals surface area contributed by atoms with Gasteiger partial charge in [0.1, 0.15) is 36.6 Å². The summed E-state index contributed by atoms with van der Waals surface area (Å²) in [6.45, 7) is 17.4. The molecule has 440 valence electrons. The Morgan fingerprint density at radius 2 is 1.18 bits per heavy atom. The van der Waals surface area contributed by atoms with Crippen molar-refractivity contribution in [2.24, 2.45) is 23.7 Å². The van der Waals surface area contributed by atoms with Gasteiger partial charge in [0.25, 0.3) is 0 Å². The molecule has 16 fully saturated rings. The Morgan fingerprint density at radius 3 is 2.03 bits per heavy atom. The van der Waals surface area contributed by atoms with Crippen LogP contribution in [0.5, 0.6) is 0 Å². The molecule has 3 spiro atoms. The van der Waals surface area contributed by atoms with Crippen LogP contribution in [0.15, 0.2) is 24.3 Å². The van der Waals surface area contributed by atoms with Crippen molar-refractivity contribution in [3.63, 3.8) is 0 Å². The lowest BCUT2D eigenvalue weighted by atomic mass is 9.79. The first-order valence-corrected chi connectivity index (χ1v) is 30.8. The molecular formula is C60H86O19. The third-order valence-corrected chi connectivity index (χ3v) is 21.9. The molecule has 0 saturated carbocycles. The summed E-state index contributed by atoms with van der Waals surface area (Å²) in [5.74, 6) is -2.77. The zero-order valence-corrected chi connectivity index (χ0v) is 46.5. The van der Waals surface area contributed by atoms with Gasteiger partial charge in [-0.2, -0.15) is 0 Å². The van der Waals surface area contributed by atoms with E-state index in [2.05, 4.69) is 40.9 Å². The predicted octanol–water partition coefficient (Wildman–Crippen LogP) is 4.93. The average Bonchev–Trinajstić information content (AvgIpc) is 4.25. The van der Waals surface area contributed by atoms with E-state index < -0.39 is 72.8 Å². The molecule has 32 atom stereocenters. The van der Waals surface area contributed by atoms with E-state index in [0.717, 1.165) is 49.7 Å². The highest BCUT2D eigenvalue weighted by molar-refractivity contribution is 5.70. The lowest BCUT2D eigenvalue weighted by Gasteiger charge is -2.50. The van der Waals surface area contributed by atoms with Crippen LogP contribution in [0, 0.1) is 23.7 Å². The van der Waals surface area contributed by atoms with Crippen molar-refractivity contribution >= 4 is 5.97 Å². The van der Waals surface area contributed by atoms with Crippen LogP contribution in [0.1, 0.15) is 143 Å². The van der Waals surface area contributed by atoms with Gasteiger partial charge >= 0.3 is 5.97 Å². The fourth-order valence-corrected chi connectivity index (χ4v) is 18.2. The number of fused-ring (bicyclic) bond motifs is 10. The van der Waals surface area contributed by atoms with E-state index >= 15 is 0 Å². The van der Waals surface area contributed by atoms with Crippen LogP contribution >= 0.6 is 0 Å². The van der Waals surface area contributed by atoms with E-state index in [1.165, 1.54) is 0 Å². The molecule has 0 aromatic heterocycles. The molecule has 1 unspecified atom stereocenters. The van der Waals surface area contributed by atoms with Crippen LogP contribution in [-0.4, -0.2) is 198 Å². The fourth-order valence-electron chi connectivity index (χ4n) is 18.2. The maximum atomic E-state index is 14.6. The van der Waals surface area contributed by atoms with Crippen LogP contribution in [0.25, 0.3) is 0 Å². The van der Waals surface area contributed by atoms with Crippen LogP contribution < -0.4 is 0 Å². The molecule has 16 saturated heterocycles. The van der Waals surface area contributed by atoms with Crippen molar-refractivity contribution in [2.75, 3.05) is 6.61 Å². The second-order valence-corrected chi connectivity index (χ2v) is 27.5. The third-order valence-electron chi connectivity index (χ3n) is 21.9. The Balaban J connectivity index is 0.655. The number of carbonyl (C=O) groups is 1. The number of hydrogen-bond donors (Lipinski definition) is 3. The molecule has 12 bridgehead atoms. The van der Waals surface area contributed by atoms with Crippen LogP contribution in [0.2, 0.25) is 0 Å². The molecule has 0 aromatic carbocycles. The Labute approximate surface area is 463 Å². The van der Waals surface area contributed by atoms with E-state index in [9.17, 15) is 20.1 Å². The molecule has 19 heteroatoms. The van der Waals surface area contributed by atoms with Gasteiger partial charge in [0.15, 0.2) is 17.4 Å². The zero-order chi connectivity index (χ0) is 54.0. The summed E-state index contributed by atoms with van der Waals surface area (Å²) in [6.07, 6.45) is 2.17. The molecule has 16 aliphatic heterocycles. The summed E-state index contributed by atoms with van der Waals surface area (Å²) in [4.78, 5) is 14.6. The molecule has 19 nitrogen and oxygen atoms in total. The van der Waals surface area contributed by atoms with Crippen molar-refractivity contribution in [2.45, 2.75) is 313 Å². The SMILES string of the molecule is C=C1C[C@H]2CC[C@]34C[C@H]5O[C@H]6[C@@H](O3)[C@H]3O[C@H](CC[C@@H]3O[C@H]6[C@@H]5O4)CC(=O)O[C@@H]3[C@H](C)[C@@H]4O[C@@H]5CC6(C[C@H]7O[C@]8(C[C@H](C)[C@@H]9O[C@H]([C@@H](O)C[C@@H](O)CO)C[C@@H]9O8)C[C@H](C)[C@@H]7O6)O[C@@H]5C[C@@H]4O[C@H]3C[C@H]3O[C@H](CC[C@H]1O2)C[C@@H](C)C3=C. The zero-order valence-electron chi connectivity index (χ0n) is 46.5. The summed E-state index contributed by atoms with van der Waals surface area (Å²) in [7, 11) is 0. The van der Waals surface area contributed by atoms with Gasteiger partial charge in [0.05, 0.1) is 129 Å². The monoisotopic (exact) mass is 1110 g/mol. The predicted molar refractivity (Wildman–Crippen MR) is 274 cm³/mol.